The Morgan fingerprint density at radius 1 is 1.30 bits per heavy atom. The molecule has 0 saturated carbocycles. The van der Waals surface area contributed by atoms with E-state index in [2.05, 4.69) is 21.8 Å². The third kappa shape index (κ3) is 4.33. The number of unbranched alkanes of at least 4 members (excludes halogenated alkanes) is 1. The normalized spacial score (nSPS) is 21.7. The molecular formula is C18H25N3O2. The molecule has 0 spiro atoms. The van der Waals surface area contributed by atoms with Gasteiger partial charge in [0.2, 0.25) is 0 Å². The number of hydrogen-bond acceptors (Lipinski definition) is 4. The van der Waals surface area contributed by atoms with Crippen LogP contribution in [0.15, 0.2) is 36.5 Å². The van der Waals surface area contributed by atoms with Crippen molar-refractivity contribution in [1.29, 1.82) is 0 Å². The molecule has 1 aliphatic rings. The first kappa shape index (κ1) is 16.0. The van der Waals surface area contributed by atoms with Crippen LogP contribution < -0.4 is 4.74 Å². The van der Waals surface area contributed by atoms with Crippen LogP contribution in [0.25, 0.3) is 0 Å². The van der Waals surface area contributed by atoms with E-state index >= 15 is 0 Å². The highest BCUT2D eigenvalue weighted by molar-refractivity contribution is 5.21. The fraction of sp³-hybridized carbons (Fsp3) is 0.500. The van der Waals surface area contributed by atoms with Crippen LogP contribution in [0.1, 0.15) is 31.3 Å². The van der Waals surface area contributed by atoms with Crippen LogP contribution >= 0.6 is 0 Å². The number of nitrogens with zero attached hydrogens (tertiary/aromatic N) is 2. The Balaban J connectivity index is 1.53. The average molecular weight is 315 g/mol. The van der Waals surface area contributed by atoms with E-state index in [1.165, 1.54) is 6.42 Å². The van der Waals surface area contributed by atoms with Gasteiger partial charge in [-0.2, -0.15) is 0 Å². The zero-order valence-electron chi connectivity index (χ0n) is 13.6. The van der Waals surface area contributed by atoms with Crippen molar-refractivity contribution in [2.24, 2.45) is 0 Å². The number of rotatable bonds is 7. The number of para-hydroxylation sites is 1. The highest BCUT2D eigenvalue weighted by Crippen LogP contribution is 2.20. The first-order valence-electron chi connectivity index (χ1n) is 8.39. The minimum atomic E-state index is -0.460. The van der Waals surface area contributed by atoms with Crippen molar-refractivity contribution in [1.82, 2.24) is 14.9 Å². The quantitative estimate of drug-likeness (QED) is 0.823. The third-order valence-corrected chi connectivity index (χ3v) is 4.19. The first-order chi connectivity index (χ1) is 11.2. The van der Waals surface area contributed by atoms with Crippen molar-refractivity contribution >= 4 is 0 Å². The predicted molar refractivity (Wildman–Crippen MR) is 89.3 cm³/mol. The van der Waals surface area contributed by atoms with E-state index in [1.54, 1.807) is 0 Å². The summed E-state index contributed by atoms with van der Waals surface area (Å²) in [5, 5.41) is 10.2. The van der Waals surface area contributed by atoms with Gasteiger partial charge >= 0.3 is 0 Å². The number of H-pyrrole nitrogens is 1. The van der Waals surface area contributed by atoms with E-state index in [1.807, 2.05) is 36.5 Å². The second-order valence-corrected chi connectivity index (χ2v) is 6.19. The number of β-amino-alcohol motifs (C(OH)–C–C–N with tert-alkyl or cyclic N) is 1. The molecule has 5 nitrogen and oxygen atoms in total. The topological polar surface area (TPSA) is 61.4 Å². The van der Waals surface area contributed by atoms with Crippen LogP contribution in [-0.4, -0.2) is 45.3 Å². The van der Waals surface area contributed by atoms with Gasteiger partial charge in [0.25, 0.3) is 0 Å². The molecule has 1 saturated heterocycles. The van der Waals surface area contributed by atoms with Crippen molar-refractivity contribution in [3.05, 3.63) is 48.0 Å². The zero-order valence-corrected chi connectivity index (χ0v) is 13.6. The summed E-state index contributed by atoms with van der Waals surface area (Å²) < 4.78 is 5.90. The molecule has 2 heterocycles. The summed E-state index contributed by atoms with van der Waals surface area (Å²) in [6.07, 6.45) is 4.59. The second-order valence-electron chi connectivity index (χ2n) is 6.19. The van der Waals surface area contributed by atoms with E-state index < -0.39 is 6.10 Å². The molecule has 2 atom stereocenters. The van der Waals surface area contributed by atoms with Crippen LogP contribution in [0.3, 0.4) is 0 Å². The number of aliphatic hydroxyl groups is 1. The fourth-order valence-electron chi connectivity index (χ4n) is 2.95. The maximum atomic E-state index is 10.2. The Hall–Kier alpha value is -1.85. The first-order valence-corrected chi connectivity index (χ1v) is 8.39. The Morgan fingerprint density at radius 2 is 2.13 bits per heavy atom. The van der Waals surface area contributed by atoms with E-state index in [4.69, 9.17) is 4.74 Å². The number of ether oxygens (including phenoxy) is 1. The van der Waals surface area contributed by atoms with Gasteiger partial charge in [-0.1, -0.05) is 31.5 Å². The zero-order chi connectivity index (χ0) is 16.1. The number of aliphatic hydroxyl groups excluding tert-OH is 1. The molecule has 0 bridgehead atoms. The lowest BCUT2D eigenvalue weighted by Crippen LogP contribution is -2.29. The maximum absolute atomic E-state index is 10.2. The molecule has 23 heavy (non-hydrogen) atoms. The van der Waals surface area contributed by atoms with Crippen LogP contribution in [0.4, 0.5) is 0 Å². The summed E-state index contributed by atoms with van der Waals surface area (Å²) in [5.41, 5.74) is 1.10. The number of imidazole rings is 1. The Kier molecular flexibility index (Phi) is 5.31. The molecule has 0 aliphatic carbocycles. The molecule has 3 rings (SSSR count). The number of aromatic nitrogens is 2. The van der Waals surface area contributed by atoms with E-state index in [0.29, 0.717) is 6.54 Å². The summed E-state index contributed by atoms with van der Waals surface area (Å²) in [6, 6.07) is 9.68. The minimum Gasteiger partial charge on any atom is -0.486 e. The van der Waals surface area contributed by atoms with Gasteiger partial charge in [0, 0.05) is 37.9 Å². The van der Waals surface area contributed by atoms with Gasteiger partial charge in [-0.25, -0.2) is 4.98 Å². The molecule has 1 aromatic heterocycles. The summed E-state index contributed by atoms with van der Waals surface area (Å²) in [4.78, 5) is 10.0. The van der Waals surface area contributed by atoms with Crippen LogP contribution in [0, 0.1) is 0 Å². The molecule has 1 fully saturated rings. The molecule has 0 unspecified atom stereocenters. The third-order valence-electron chi connectivity index (χ3n) is 4.19. The largest absolute Gasteiger partial charge is 0.486 e. The van der Waals surface area contributed by atoms with Gasteiger partial charge in [-0.15, -0.1) is 0 Å². The van der Waals surface area contributed by atoms with Gasteiger partial charge in [-0.3, -0.25) is 4.90 Å². The summed E-state index contributed by atoms with van der Waals surface area (Å²) >= 11 is 0. The van der Waals surface area contributed by atoms with Crippen molar-refractivity contribution in [2.75, 3.05) is 13.1 Å². The van der Waals surface area contributed by atoms with Crippen LogP contribution in [0.5, 0.6) is 5.75 Å². The summed E-state index contributed by atoms with van der Waals surface area (Å²) in [5.74, 6) is 1.86. The molecule has 1 aromatic carbocycles. The van der Waals surface area contributed by atoms with Crippen molar-refractivity contribution < 1.29 is 9.84 Å². The Morgan fingerprint density at radius 3 is 2.91 bits per heavy atom. The fourth-order valence-corrected chi connectivity index (χ4v) is 2.95. The minimum absolute atomic E-state index is 0.181. The van der Waals surface area contributed by atoms with Gasteiger partial charge < -0.3 is 14.8 Å². The van der Waals surface area contributed by atoms with Crippen LogP contribution in [-0.2, 0) is 13.0 Å². The lowest BCUT2D eigenvalue weighted by Gasteiger charge is -2.16. The molecule has 1 aliphatic heterocycles. The highest BCUT2D eigenvalue weighted by atomic mass is 16.5. The van der Waals surface area contributed by atoms with Gasteiger partial charge in [-0.05, 0) is 18.6 Å². The van der Waals surface area contributed by atoms with Gasteiger partial charge in [0.1, 0.15) is 23.8 Å². The average Bonchev–Trinajstić information content (AvgIpc) is 3.14. The molecule has 5 heteroatoms. The molecule has 0 amide bonds. The van der Waals surface area contributed by atoms with Crippen molar-refractivity contribution in [3.63, 3.8) is 0 Å². The number of aromatic amines is 1. The van der Waals surface area contributed by atoms with Crippen molar-refractivity contribution in [3.8, 4) is 5.75 Å². The standard InChI is InChI=1S/C18H25N3O2/c1-2-3-9-18-19-10-14(20-18)11-21-12-16(22)17(13-21)23-15-7-5-4-6-8-15/h4-8,10,16-17,22H,2-3,9,11-13H2,1H3,(H,19,20)/t16-,17-/m1/s1. The molecule has 2 aromatic rings. The number of likely N-dealkylation sites (tertiary alicyclic amines) is 1. The van der Waals surface area contributed by atoms with Crippen molar-refractivity contribution in [2.45, 2.75) is 44.9 Å². The van der Waals surface area contributed by atoms with Gasteiger partial charge in [0.15, 0.2) is 0 Å². The number of benzene rings is 1. The molecular weight excluding hydrogens is 290 g/mol. The summed E-state index contributed by atoms with van der Waals surface area (Å²) in [7, 11) is 0. The van der Waals surface area contributed by atoms with Gasteiger partial charge in [0.05, 0.1) is 0 Å². The lowest BCUT2D eigenvalue weighted by atomic mass is 10.2. The predicted octanol–water partition coefficient (Wildman–Crippen LogP) is 2.38. The highest BCUT2D eigenvalue weighted by Gasteiger charge is 2.33. The lowest BCUT2D eigenvalue weighted by molar-refractivity contribution is 0.0737. The Bertz CT molecular complexity index is 599. The van der Waals surface area contributed by atoms with E-state index in [9.17, 15) is 5.11 Å². The van der Waals surface area contributed by atoms with Crippen LogP contribution in [0.2, 0.25) is 0 Å². The monoisotopic (exact) mass is 315 g/mol. The van der Waals surface area contributed by atoms with E-state index in [0.717, 1.165) is 43.2 Å². The number of nitrogens with one attached hydrogen (secondary N) is 1. The van der Waals surface area contributed by atoms with E-state index in [-0.39, 0.29) is 6.10 Å². The number of aryl methyl sites for hydroxylation is 1. The summed E-state index contributed by atoms with van der Waals surface area (Å²) in [6.45, 7) is 4.30. The smallest absolute Gasteiger partial charge is 0.138 e. The SMILES string of the molecule is CCCCc1ncc(CN2C[C@@H](O)[C@H](Oc3ccccc3)C2)[nH]1. The Labute approximate surface area is 137 Å². The molecule has 124 valence electrons. The molecule has 0 radical (unpaired) electrons. The number of hydrogen-bond donors (Lipinski definition) is 2. The maximum Gasteiger partial charge on any atom is 0.138 e. The second kappa shape index (κ2) is 7.62. The molecule has 2 N–H and O–H groups in total.